The highest BCUT2D eigenvalue weighted by atomic mass is 32.2. The van der Waals surface area contributed by atoms with Gasteiger partial charge in [-0.1, -0.05) is 38.0 Å². The van der Waals surface area contributed by atoms with Crippen molar-refractivity contribution in [1.29, 1.82) is 0 Å². The molecule has 11 heteroatoms. The van der Waals surface area contributed by atoms with Crippen LogP contribution in [0, 0.1) is 41.0 Å². The van der Waals surface area contributed by atoms with E-state index < -0.39 is 55.8 Å². The van der Waals surface area contributed by atoms with Gasteiger partial charge in [0.05, 0.1) is 0 Å². The minimum atomic E-state index is -6.42. The molecule has 0 bridgehead atoms. The van der Waals surface area contributed by atoms with Gasteiger partial charge in [-0.15, -0.1) is 0 Å². The number of hydrogen-bond acceptors (Lipinski definition) is 3. The maximum absolute atomic E-state index is 15.1. The number of halogens is 7. The molecule has 1 fully saturated rings. The quantitative estimate of drug-likeness (QED) is 0.214. The van der Waals surface area contributed by atoms with Crippen LogP contribution in [-0.4, -0.2) is 13.9 Å². The van der Waals surface area contributed by atoms with E-state index in [0.717, 1.165) is 31.2 Å². The first-order valence-electron chi connectivity index (χ1n) is 12.0. The van der Waals surface area contributed by atoms with E-state index in [-0.39, 0.29) is 5.56 Å². The molecule has 0 saturated heterocycles. The first kappa shape index (κ1) is 27.5. The molecule has 0 spiro atoms. The largest absolute Gasteiger partial charge is 0.534 e. The van der Waals surface area contributed by atoms with Gasteiger partial charge in [0.2, 0.25) is 5.82 Å². The molecular weight excluding hydrogens is 525 g/mol. The monoisotopic (exact) mass is 550 g/mol. The Morgan fingerprint density at radius 2 is 1.38 bits per heavy atom. The third kappa shape index (κ3) is 5.51. The van der Waals surface area contributed by atoms with Crippen LogP contribution in [0.25, 0.3) is 16.7 Å². The van der Waals surface area contributed by atoms with Gasteiger partial charge >= 0.3 is 15.6 Å². The first-order valence-corrected chi connectivity index (χ1v) is 13.4. The van der Waals surface area contributed by atoms with E-state index in [1.165, 1.54) is 18.9 Å². The third-order valence-electron chi connectivity index (χ3n) is 7.42. The zero-order chi connectivity index (χ0) is 27.1. The third-order valence-corrected chi connectivity index (χ3v) is 8.38. The van der Waals surface area contributed by atoms with E-state index in [0.29, 0.717) is 42.4 Å². The van der Waals surface area contributed by atoms with Crippen molar-refractivity contribution in [2.75, 3.05) is 0 Å². The van der Waals surface area contributed by atoms with Crippen molar-refractivity contribution in [3.05, 3.63) is 59.2 Å². The standard InChI is InChI=1S/C26H25F7O3S/c1-14-2-4-15(5-3-14)16-6-8-17(9-7-16)18-10-11-19(23(29)22(18)28)20-12-13-21(27)24(30)25(20)36-37(34,35)26(31,32)33/h8,10-16H,2-7,9H2,1H3. The van der Waals surface area contributed by atoms with E-state index in [4.69, 9.17) is 0 Å². The van der Waals surface area contributed by atoms with Crippen molar-refractivity contribution >= 4 is 15.7 Å². The Morgan fingerprint density at radius 1 is 0.784 bits per heavy atom. The lowest BCUT2D eigenvalue weighted by molar-refractivity contribution is -0.0500. The summed E-state index contributed by atoms with van der Waals surface area (Å²) >= 11 is 0. The summed E-state index contributed by atoms with van der Waals surface area (Å²) in [6.07, 6.45) is 8.56. The van der Waals surface area contributed by atoms with Crippen molar-refractivity contribution in [3.63, 3.8) is 0 Å². The second-order valence-corrected chi connectivity index (χ2v) is 11.3. The lowest BCUT2D eigenvalue weighted by atomic mass is 9.71. The summed E-state index contributed by atoms with van der Waals surface area (Å²) in [6.45, 7) is 2.24. The maximum atomic E-state index is 15.1. The van der Waals surface area contributed by atoms with Crippen molar-refractivity contribution in [3.8, 4) is 16.9 Å². The van der Waals surface area contributed by atoms with Crippen molar-refractivity contribution < 1.29 is 43.3 Å². The van der Waals surface area contributed by atoms with Gasteiger partial charge in [-0.2, -0.15) is 26.0 Å². The summed E-state index contributed by atoms with van der Waals surface area (Å²) in [6, 6.07) is 3.22. The normalized spacial score (nSPS) is 23.0. The molecule has 0 radical (unpaired) electrons. The van der Waals surface area contributed by atoms with Crippen molar-refractivity contribution in [2.24, 2.45) is 17.8 Å². The molecular formula is C26H25F7O3S. The molecule has 1 unspecified atom stereocenters. The highest BCUT2D eigenvalue weighted by Crippen LogP contribution is 2.43. The predicted molar refractivity (Wildman–Crippen MR) is 124 cm³/mol. The molecule has 202 valence electrons. The van der Waals surface area contributed by atoms with Crippen LogP contribution in [0.5, 0.6) is 5.75 Å². The molecule has 1 saturated carbocycles. The van der Waals surface area contributed by atoms with Gasteiger partial charge in [-0.05, 0) is 67.6 Å². The lowest BCUT2D eigenvalue weighted by Crippen LogP contribution is -2.28. The molecule has 2 aromatic carbocycles. The van der Waals surface area contributed by atoms with Crippen LogP contribution in [0.4, 0.5) is 30.7 Å². The van der Waals surface area contributed by atoms with Crippen molar-refractivity contribution in [1.82, 2.24) is 0 Å². The second kappa shape index (κ2) is 10.3. The van der Waals surface area contributed by atoms with E-state index in [1.807, 2.05) is 6.08 Å². The molecule has 0 heterocycles. The Kier molecular flexibility index (Phi) is 7.65. The highest BCUT2D eigenvalue weighted by molar-refractivity contribution is 7.88. The molecule has 0 aromatic heterocycles. The fourth-order valence-corrected chi connectivity index (χ4v) is 5.75. The van der Waals surface area contributed by atoms with Crippen molar-refractivity contribution in [2.45, 2.75) is 57.4 Å². The average Bonchev–Trinajstić information content (AvgIpc) is 2.84. The zero-order valence-corrected chi connectivity index (χ0v) is 20.7. The van der Waals surface area contributed by atoms with Gasteiger partial charge in [0, 0.05) is 16.7 Å². The summed E-state index contributed by atoms with van der Waals surface area (Å²) in [7, 11) is -6.42. The Hall–Kier alpha value is -2.56. The number of allylic oxidation sites excluding steroid dienone is 2. The zero-order valence-electron chi connectivity index (χ0n) is 19.8. The molecule has 37 heavy (non-hydrogen) atoms. The van der Waals surface area contributed by atoms with Gasteiger partial charge in [-0.3, -0.25) is 0 Å². The van der Waals surface area contributed by atoms with Gasteiger partial charge in [0.1, 0.15) is 0 Å². The van der Waals surface area contributed by atoms with Crippen LogP contribution in [0.3, 0.4) is 0 Å². The first-order chi connectivity index (χ1) is 17.3. The summed E-state index contributed by atoms with van der Waals surface area (Å²) in [5, 5.41) is 0. The topological polar surface area (TPSA) is 43.4 Å². The molecule has 3 nitrogen and oxygen atoms in total. The molecule has 0 amide bonds. The lowest BCUT2D eigenvalue weighted by Gasteiger charge is -2.34. The molecule has 2 aromatic rings. The summed E-state index contributed by atoms with van der Waals surface area (Å²) < 4.78 is 123. The average molecular weight is 551 g/mol. The van der Waals surface area contributed by atoms with Gasteiger partial charge in [-0.25, -0.2) is 13.2 Å². The van der Waals surface area contributed by atoms with Crippen LogP contribution < -0.4 is 4.18 Å². The fraction of sp³-hybridized carbons (Fsp3) is 0.462. The number of alkyl halides is 3. The van der Waals surface area contributed by atoms with E-state index in [9.17, 15) is 30.4 Å². The van der Waals surface area contributed by atoms with Crippen LogP contribution in [0.2, 0.25) is 0 Å². The fourth-order valence-electron chi connectivity index (χ4n) is 5.27. The Labute approximate surface area is 210 Å². The molecule has 2 aliphatic rings. The highest BCUT2D eigenvalue weighted by Gasteiger charge is 2.49. The van der Waals surface area contributed by atoms with E-state index in [1.54, 1.807) is 0 Å². The maximum Gasteiger partial charge on any atom is 0.534 e. The van der Waals surface area contributed by atoms with Crippen LogP contribution in [-0.2, 0) is 10.1 Å². The van der Waals surface area contributed by atoms with E-state index in [2.05, 4.69) is 11.1 Å². The Balaban J connectivity index is 1.65. The molecule has 0 N–H and O–H groups in total. The molecule has 0 aliphatic heterocycles. The second-order valence-electron chi connectivity index (χ2n) is 9.79. The van der Waals surface area contributed by atoms with Crippen LogP contribution >= 0.6 is 0 Å². The van der Waals surface area contributed by atoms with Gasteiger partial charge in [0.15, 0.2) is 23.2 Å². The number of rotatable bonds is 5. The minimum Gasteiger partial charge on any atom is -0.372 e. The Bertz CT molecular complexity index is 1310. The minimum absolute atomic E-state index is 0.0510. The molecule has 1 atom stereocenters. The van der Waals surface area contributed by atoms with Gasteiger partial charge in [0.25, 0.3) is 0 Å². The van der Waals surface area contributed by atoms with Crippen LogP contribution in [0.1, 0.15) is 57.4 Å². The SMILES string of the molecule is CC1CCC(C2CC=C(c3ccc(-c4ccc(F)c(F)c4OS(=O)(=O)C(F)(F)F)c(F)c3F)CC2)CC1. The van der Waals surface area contributed by atoms with Gasteiger partial charge < -0.3 is 4.18 Å². The summed E-state index contributed by atoms with van der Waals surface area (Å²) in [5.41, 5.74) is -7.11. The van der Waals surface area contributed by atoms with E-state index >= 15 is 8.78 Å². The predicted octanol–water partition coefficient (Wildman–Crippen LogP) is 8.15. The van der Waals surface area contributed by atoms with Crippen LogP contribution in [0.15, 0.2) is 30.3 Å². The smallest absolute Gasteiger partial charge is 0.372 e. The Morgan fingerprint density at radius 3 is 1.97 bits per heavy atom. The number of benzene rings is 2. The summed E-state index contributed by atoms with van der Waals surface area (Å²) in [4.78, 5) is 0. The number of hydrogen-bond donors (Lipinski definition) is 0. The summed E-state index contributed by atoms with van der Waals surface area (Å²) in [5.74, 6) is -6.65. The molecule has 4 rings (SSSR count). The molecule has 2 aliphatic carbocycles.